The first kappa shape index (κ1) is 14.8. The second kappa shape index (κ2) is 6.22. The summed E-state index contributed by atoms with van der Waals surface area (Å²) in [5.74, 6) is -1.22. The Morgan fingerprint density at radius 2 is 2.15 bits per heavy atom. The van der Waals surface area contributed by atoms with Crippen LogP contribution in [-0.2, 0) is 9.59 Å². The highest BCUT2D eigenvalue weighted by atomic mass is 79.9. The second-order valence-electron chi connectivity index (χ2n) is 4.95. The molecule has 2 rings (SSSR count). The van der Waals surface area contributed by atoms with Crippen molar-refractivity contribution in [2.45, 2.75) is 25.8 Å². The fourth-order valence-electron chi connectivity index (χ4n) is 1.94. The Hall–Kier alpha value is -1.62. The molecule has 0 unspecified atom stereocenters. The largest absolute Gasteiger partial charge is 0.480 e. The molecule has 1 aliphatic carbocycles. The van der Waals surface area contributed by atoms with Crippen LogP contribution in [0.25, 0.3) is 6.08 Å². The predicted molar refractivity (Wildman–Crippen MR) is 80.3 cm³/mol. The second-order valence-corrected chi connectivity index (χ2v) is 5.80. The number of benzene rings is 1. The van der Waals surface area contributed by atoms with E-state index in [0.717, 1.165) is 28.4 Å². The zero-order valence-electron chi connectivity index (χ0n) is 11.2. The van der Waals surface area contributed by atoms with Crippen LogP contribution in [0, 0.1) is 6.92 Å². The summed E-state index contributed by atoms with van der Waals surface area (Å²) in [7, 11) is 0. The highest BCUT2D eigenvalue weighted by Crippen LogP contribution is 2.27. The first-order valence-electron chi connectivity index (χ1n) is 6.44. The predicted octanol–water partition coefficient (Wildman–Crippen LogP) is 2.85. The van der Waals surface area contributed by atoms with Crippen LogP contribution in [0.2, 0.25) is 0 Å². The number of carboxylic acid groups (broad SMARTS) is 1. The van der Waals surface area contributed by atoms with Crippen LogP contribution in [-0.4, -0.2) is 34.5 Å². The van der Waals surface area contributed by atoms with Gasteiger partial charge in [0, 0.05) is 16.6 Å². The zero-order chi connectivity index (χ0) is 14.7. The Morgan fingerprint density at radius 3 is 2.70 bits per heavy atom. The van der Waals surface area contributed by atoms with Crippen LogP contribution >= 0.6 is 15.9 Å². The molecule has 1 saturated carbocycles. The molecule has 1 N–H and O–H groups in total. The number of carboxylic acids is 1. The summed E-state index contributed by atoms with van der Waals surface area (Å²) in [5, 5.41) is 8.84. The molecular formula is C15H16BrNO3. The molecule has 4 nitrogen and oxygen atoms in total. The van der Waals surface area contributed by atoms with Gasteiger partial charge in [-0.25, -0.2) is 0 Å². The monoisotopic (exact) mass is 337 g/mol. The Balaban J connectivity index is 2.08. The number of aryl methyl sites for hydroxylation is 1. The van der Waals surface area contributed by atoms with Gasteiger partial charge < -0.3 is 10.0 Å². The van der Waals surface area contributed by atoms with E-state index in [2.05, 4.69) is 15.9 Å². The van der Waals surface area contributed by atoms with E-state index in [1.165, 1.54) is 11.0 Å². The molecule has 0 atom stereocenters. The first-order valence-corrected chi connectivity index (χ1v) is 7.23. The van der Waals surface area contributed by atoms with Gasteiger partial charge in [-0.3, -0.25) is 9.59 Å². The number of amides is 1. The molecule has 106 valence electrons. The maximum absolute atomic E-state index is 12.1. The minimum absolute atomic E-state index is 0.0877. The van der Waals surface area contributed by atoms with Gasteiger partial charge in [0.15, 0.2) is 0 Å². The number of aliphatic carboxylic acids is 1. The number of nitrogens with zero attached hydrogens (tertiary/aromatic N) is 1. The van der Waals surface area contributed by atoms with E-state index in [1.54, 1.807) is 6.08 Å². The third-order valence-corrected chi connectivity index (χ3v) is 3.82. The van der Waals surface area contributed by atoms with E-state index in [1.807, 2.05) is 25.1 Å². The normalized spacial score (nSPS) is 14.5. The van der Waals surface area contributed by atoms with Crippen LogP contribution in [0.15, 0.2) is 28.7 Å². The number of hydrogen-bond acceptors (Lipinski definition) is 2. The van der Waals surface area contributed by atoms with E-state index >= 15 is 0 Å². The number of carbonyl (C=O) groups excluding carboxylic acids is 1. The number of hydrogen-bond donors (Lipinski definition) is 1. The quantitative estimate of drug-likeness (QED) is 0.840. The van der Waals surface area contributed by atoms with Gasteiger partial charge in [-0.2, -0.15) is 0 Å². The van der Waals surface area contributed by atoms with Crippen molar-refractivity contribution in [1.29, 1.82) is 0 Å². The molecule has 1 fully saturated rings. The Bertz CT molecular complexity index is 564. The van der Waals surface area contributed by atoms with Gasteiger partial charge in [0.2, 0.25) is 5.91 Å². The maximum Gasteiger partial charge on any atom is 0.323 e. The third-order valence-electron chi connectivity index (χ3n) is 3.14. The summed E-state index contributed by atoms with van der Waals surface area (Å²) >= 11 is 3.45. The molecule has 0 radical (unpaired) electrons. The summed E-state index contributed by atoms with van der Waals surface area (Å²) in [6.45, 7) is 1.76. The average Bonchev–Trinajstić information content (AvgIpc) is 3.18. The average molecular weight is 338 g/mol. The number of halogens is 1. The lowest BCUT2D eigenvalue weighted by Gasteiger charge is -2.18. The van der Waals surface area contributed by atoms with Crippen LogP contribution in [0.1, 0.15) is 24.0 Å². The standard InChI is InChI=1S/C15H16BrNO3/c1-10-2-3-11(13(16)8-10)4-7-14(18)17(9-15(19)20)12-5-6-12/h2-4,7-8,12H,5-6,9H2,1H3,(H,19,20). The fourth-order valence-corrected chi connectivity index (χ4v) is 2.57. The van der Waals surface area contributed by atoms with Crippen LogP contribution in [0.4, 0.5) is 0 Å². The highest BCUT2D eigenvalue weighted by Gasteiger charge is 2.32. The third kappa shape index (κ3) is 3.93. The fraction of sp³-hybridized carbons (Fsp3) is 0.333. The van der Waals surface area contributed by atoms with Gasteiger partial charge >= 0.3 is 5.97 Å². The first-order chi connectivity index (χ1) is 9.47. The van der Waals surface area contributed by atoms with Crippen molar-refractivity contribution in [2.24, 2.45) is 0 Å². The molecule has 1 aromatic rings. The number of rotatable bonds is 5. The van der Waals surface area contributed by atoms with Crippen molar-refractivity contribution in [3.05, 3.63) is 39.9 Å². The van der Waals surface area contributed by atoms with Gasteiger partial charge in [0.1, 0.15) is 6.54 Å². The lowest BCUT2D eigenvalue weighted by molar-refractivity contribution is -0.143. The lowest BCUT2D eigenvalue weighted by atomic mass is 10.1. The van der Waals surface area contributed by atoms with Gasteiger partial charge in [-0.05, 0) is 43.0 Å². The summed E-state index contributed by atoms with van der Waals surface area (Å²) in [4.78, 5) is 24.3. The van der Waals surface area contributed by atoms with E-state index in [-0.39, 0.29) is 18.5 Å². The van der Waals surface area contributed by atoms with Gasteiger partial charge in [0.05, 0.1) is 0 Å². The molecule has 0 heterocycles. The smallest absolute Gasteiger partial charge is 0.323 e. The molecular weight excluding hydrogens is 322 g/mol. The van der Waals surface area contributed by atoms with E-state index in [4.69, 9.17) is 5.11 Å². The molecule has 1 aliphatic rings. The molecule has 5 heteroatoms. The Morgan fingerprint density at radius 1 is 1.45 bits per heavy atom. The number of carbonyl (C=O) groups is 2. The summed E-state index contributed by atoms with van der Waals surface area (Å²) < 4.78 is 0.915. The zero-order valence-corrected chi connectivity index (χ0v) is 12.8. The van der Waals surface area contributed by atoms with Crippen molar-refractivity contribution in [3.8, 4) is 0 Å². The molecule has 0 bridgehead atoms. The Kier molecular flexibility index (Phi) is 4.60. The molecule has 0 saturated heterocycles. The van der Waals surface area contributed by atoms with Gasteiger partial charge in [-0.15, -0.1) is 0 Å². The minimum atomic E-state index is -0.977. The van der Waals surface area contributed by atoms with Crippen LogP contribution < -0.4 is 0 Å². The molecule has 1 amide bonds. The SMILES string of the molecule is Cc1ccc(C=CC(=O)N(CC(=O)O)C2CC2)c(Br)c1. The Labute approximate surface area is 126 Å². The van der Waals surface area contributed by atoms with Crippen LogP contribution in [0.5, 0.6) is 0 Å². The van der Waals surface area contributed by atoms with Gasteiger partial charge in [0.25, 0.3) is 0 Å². The summed E-state index contributed by atoms with van der Waals surface area (Å²) in [6, 6.07) is 5.94. The highest BCUT2D eigenvalue weighted by molar-refractivity contribution is 9.10. The van der Waals surface area contributed by atoms with E-state index in [9.17, 15) is 9.59 Å². The van der Waals surface area contributed by atoms with E-state index < -0.39 is 5.97 Å². The van der Waals surface area contributed by atoms with Crippen molar-refractivity contribution in [3.63, 3.8) is 0 Å². The molecule has 0 aromatic heterocycles. The van der Waals surface area contributed by atoms with Crippen molar-refractivity contribution < 1.29 is 14.7 Å². The molecule has 0 spiro atoms. The molecule has 20 heavy (non-hydrogen) atoms. The maximum atomic E-state index is 12.1. The van der Waals surface area contributed by atoms with Gasteiger partial charge in [-0.1, -0.05) is 28.1 Å². The molecule has 1 aromatic carbocycles. The van der Waals surface area contributed by atoms with Crippen molar-refractivity contribution in [1.82, 2.24) is 4.90 Å². The van der Waals surface area contributed by atoms with Crippen molar-refractivity contribution >= 4 is 33.9 Å². The molecule has 0 aliphatic heterocycles. The summed E-state index contributed by atoms with van der Waals surface area (Å²) in [5.41, 5.74) is 2.03. The minimum Gasteiger partial charge on any atom is -0.480 e. The van der Waals surface area contributed by atoms with Crippen LogP contribution in [0.3, 0.4) is 0 Å². The lowest BCUT2D eigenvalue weighted by Crippen LogP contribution is -2.36. The topological polar surface area (TPSA) is 57.6 Å². The summed E-state index contributed by atoms with van der Waals surface area (Å²) in [6.07, 6.45) is 4.93. The van der Waals surface area contributed by atoms with E-state index in [0.29, 0.717) is 0 Å². The van der Waals surface area contributed by atoms with Crippen molar-refractivity contribution in [2.75, 3.05) is 6.54 Å².